The van der Waals surface area contributed by atoms with Crippen molar-refractivity contribution in [1.82, 2.24) is 44.4 Å². The Labute approximate surface area is 341 Å². The van der Waals surface area contributed by atoms with Crippen molar-refractivity contribution in [3.05, 3.63) is 100 Å². The van der Waals surface area contributed by atoms with Gasteiger partial charge >= 0.3 is 0 Å². The fraction of sp³-hybridized carbons (Fsp3) is 0.450. The molecule has 0 fully saturated rings. The minimum absolute atomic E-state index is 0.487. The summed E-state index contributed by atoms with van der Waals surface area (Å²) in [7, 11) is -2.11. The van der Waals surface area contributed by atoms with Crippen molar-refractivity contribution in [3.63, 3.8) is 0 Å². The average molecular weight is 826 g/mol. The summed E-state index contributed by atoms with van der Waals surface area (Å²) in [5.41, 5.74) is 7.90. The molecule has 300 valence electrons. The van der Waals surface area contributed by atoms with Gasteiger partial charge in [-0.2, -0.15) is 0 Å². The summed E-state index contributed by atoms with van der Waals surface area (Å²) in [6, 6.07) is 6.31. The molecule has 0 amide bonds. The lowest BCUT2D eigenvalue weighted by Crippen LogP contribution is -2.31. The van der Waals surface area contributed by atoms with E-state index in [2.05, 4.69) is 95.2 Å². The van der Waals surface area contributed by atoms with Crippen LogP contribution in [0.1, 0.15) is 22.5 Å². The van der Waals surface area contributed by atoms with E-state index in [1.54, 1.807) is 12.5 Å². The zero-order valence-corrected chi connectivity index (χ0v) is 36.6. The molecule has 0 saturated heterocycles. The number of aromatic amines is 2. The molecule has 17 heteroatoms. The fourth-order valence-corrected chi connectivity index (χ4v) is 8.36. The van der Waals surface area contributed by atoms with E-state index < -0.39 is 16.1 Å². The Morgan fingerprint density at radius 1 is 0.754 bits per heavy atom. The second kappa shape index (κ2) is 18.6. The molecule has 0 aliphatic carbocycles. The largest absolute Gasteiger partial charge is 0.375 e. The summed E-state index contributed by atoms with van der Waals surface area (Å²) in [4.78, 5) is 32.9. The number of aromatic nitrogens is 8. The number of halogens is 1. The molecule has 2 aliphatic rings. The van der Waals surface area contributed by atoms with Crippen LogP contribution in [0.2, 0.25) is 56.5 Å². The van der Waals surface area contributed by atoms with Crippen molar-refractivity contribution in [2.45, 2.75) is 90.8 Å². The van der Waals surface area contributed by atoms with E-state index >= 15 is 0 Å². The lowest BCUT2D eigenvalue weighted by molar-refractivity contribution is 0.0898. The maximum atomic E-state index is 7.29. The van der Waals surface area contributed by atoms with Crippen LogP contribution >= 0.6 is 11.6 Å². The molecule has 0 aromatic carbocycles. The van der Waals surface area contributed by atoms with Crippen LogP contribution in [-0.2, 0) is 48.9 Å². The van der Waals surface area contributed by atoms with Crippen molar-refractivity contribution in [2.75, 3.05) is 31.2 Å². The van der Waals surface area contributed by atoms with Gasteiger partial charge < -0.3 is 38.8 Å². The molecule has 0 unspecified atom stereocenters. The van der Waals surface area contributed by atoms with Crippen LogP contribution < -0.4 is 10.2 Å². The molecule has 6 aromatic rings. The Bertz CT molecular complexity index is 2360. The van der Waals surface area contributed by atoms with E-state index in [1.165, 1.54) is 23.6 Å². The SMILES string of the molecule is C[Si](C)(C)CCOCn1ccc2c(Cl)ncnc21.[C-]#[N+]c1c[nH]c2c1CCN(c1ncnc3c1ccn3COCC[Si](C)(C)C)C2.[C-]#[N+]c1c[nH]c2c1CCNC2. The van der Waals surface area contributed by atoms with Gasteiger partial charge in [-0.25, -0.2) is 29.6 Å². The smallest absolute Gasteiger partial charge is 0.207 e. The van der Waals surface area contributed by atoms with Gasteiger partial charge in [0, 0.05) is 78.6 Å². The third-order valence-electron chi connectivity index (χ3n) is 9.98. The van der Waals surface area contributed by atoms with E-state index in [0.29, 0.717) is 18.6 Å². The van der Waals surface area contributed by atoms with E-state index in [0.717, 1.165) is 109 Å². The first-order valence-electron chi connectivity index (χ1n) is 19.3. The first-order valence-corrected chi connectivity index (χ1v) is 27.1. The highest BCUT2D eigenvalue weighted by Crippen LogP contribution is 2.32. The van der Waals surface area contributed by atoms with Gasteiger partial charge in [-0.05, 0) is 54.7 Å². The number of H-pyrrole nitrogens is 2. The number of hydrogen-bond donors (Lipinski definition) is 3. The highest BCUT2D eigenvalue weighted by Gasteiger charge is 2.24. The van der Waals surface area contributed by atoms with Crippen molar-refractivity contribution < 1.29 is 9.47 Å². The van der Waals surface area contributed by atoms with Crippen molar-refractivity contribution in [3.8, 4) is 0 Å². The van der Waals surface area contributed by atoms with Gasteiger partial charge in [0.25, 0.3) is 0 Å². The van der Waals surface area contributed by atoms with E-state index in [4.69, 9.17) is 34.2 Å². The number of hydrogen-bond acceptors (Lipinski definition) is 8. The summed E-state index contributed by atoms with van der Waals surface area (Å²) in [6.07, 6.45) is 12.5. The van der Waals surface area contributed by atoms with E-state index in [-0.39, 0.29) is 0 Å². The maximum Gasteiger partial charge on any atom is 0.207 e. The molecule has 8 heterocycles. The van der Waals surface area contributed by atoms with E-state index in [1.807, 2.05) is 33.8 Å². The van der Waals surface area contributed by atoms with Gasteiger partial charge in [0.05, 0.1) is 30.5 Å². The molecule has 8 rings (SSSR count). The summed E-state index contributed by atoms with van der Waals surface area (Å²) in [5, 5.41) is 5.64. The monoisotopic (exact) mass is 824 g/mol. The number of nitrogens with zero attached hydrogens (tertiary/aromatic N) is 9. The number of ether oxygens (including phenoxy) is 2. The minimum atomic E-state index is -1.08. The summed E-state index contributed by atoms with van der Waals surface area (Å²) in [6.45, 7) is 34.3. The van der Waals surface area contributed by atoms with Crippen LogP contribution in [0.15, 0.2) is 49.6 Å². The standard InChI is InChI=1S/C20H26N6OSi.C12H18ClN3OSi.C8H9N3/c1-21-17-11-22-18-12-25(7-5-15(17)18)19-16-6-8-26(20(16)24-13-23-19)14-27-9-10-28(2,3)4;1-18(2,3)7-6-17-9-16-5-4-10-11(13)14-8-15-12(10)16;1-9-7-5-11-8-4-10-3-2-6(7)8/h6,8,11,13,22H,5,7,9-10,12,14H2,2-4H3;4-5,8H,6-7,9H2,1-3H3;5,10-11H,2-4H2. The third kappa shape index (κ3) is 10.8. The Morgan fingerprint density at radius 3 is 1.93 bits per heavy atom. The van der Waals surface area contributed by atoms with Gasteiger partial charge in [0.15, 0.2) is 0 Å². The molecule has 57 heavy (non-hydrogen) atoms. The molecular formula is C40H53ClN12O2Si2. The highest BCUT2D eigenvalue weighted by molar-refractivity contribution is 6.76. The van der Waals surface area contributed by atoms with Crippen LogP contribution in [0.4, 0.5) is 17.2 Å². The quantitative estimate of drug-likeness (QED) is 0.0511. The predicted octanol–water partition coefficient (Wildman–Crippen LogP) is 8.79. The molecule has 0 atom stereocenters. The normalized spacial score (nSPS) is 13.9. The summed E-state index contributed by atoms with van der Waals surface area (Å²) < 4.78 is 15.6. The third-order valence-corrected chi connectivity index (χ3v) is 13.7. The fourth-order valence-electron chi connectivity index (χ4n) is 6.66. The van der Waals surface area contributed by atoms with Gasteiger partial charge in [0.2, 0.25) is 11.4 Å². The Morgan fingerprint density at radius 2 is 1.32 bits per heavy atom. The highest BCUT2D eigenvalue weighted by atomic mass is 35.5. The molecule has 3 N–H and O–H groups in total. The van der Waals surface area contributed by atoms with Crippen molar-refractivity contribution >= 4 is 67.0 Å². The number of nitrogens with one attached hydrogen (secondary N) is 3. The zero-order chi connectivity index (χ0) is 40.6. The number of fused-ring (bicyclic) bond motifs is 4. The molecule has 0 radical (unpaired) electrons. The Hall–Kier alpha value is -4.82. The van der Waals surface area contributed by atoms with Crippen LogP contribution in [0, 0.1) is 13.1 Å². The maximum absolute atomic E-state index is 7.29. The molecule has 14 nitrogen and oxygen atoms in total. The predicted molar refractivity (Wildman–Crippen MR) is 233 cm³/mol. The molecule has 0 saturated carbocycles. The molecule has 6 aromatic heterocycles. The number of anilines is 1. The van der Waals surface area contributed by atoms with Crippen LogP contribution in [0.3, 0.4) is 0 Å². The lowest BCUT2D eigenvalue weighted by atomic mass is 10.1. The van der Waals surface area contributed by atoms with Gasteiger partial charge in [0.1, 0.15) is 48.4 Å². The van der Waals surface area contributed by atoms with Gasteiger partial charge in [-0.15, -0.1) is 0 Å². The van der Waals surface area contributed by atoms with Crippen molar-refractivity contribution in [2.24, 2.45) is 0 Å². The first kappa shape index (κ1) is 41.8. The zero-order valence-electron chi connectivity index (χ0n) is 33.8. The summed E-state index contributed by atoms with van der Waals surface area (Å²) >= 11 is 5.99. The first-order chi connectivity index (χ1) is 27.3. The summed E-state index contributed by atoms with van der Waals surface area (Å²) in [5.74, 6) is 0.940. The number of rotatable bonds is 11. The average Bonchev–Trinajstić information content (AvgIpc) is 4.00. The van der Waals surface area contributed by atoms with Crippen LogP contribution in [0.5, 0.6) is 0 Å². The topological polar surface area (TPSA) is 135 Å². The molecular weight excluding hydrogens is 772 g/mol. The van der Waals surface area contributed by atoms with Gasteiger partial charge in [-0.1, -0.05) is 50.9 Å². The second-order valence-electron chi connectivity index (χ2n) is 16.7. The van der Waals surface area contributed by atoms with Crippen LogP contribution in [0.25, 0.3) is 31.8 Å². The van der Waals surface area contributed by atoms with E-state index in [9.17, 15) is 0 Å². The Balaban J connectivity index is 0.000000161. The molecule has 0 bridgehead atoms. The van der Waals surface area contributed by atoms with Crippen LogP contribution in [-0.4, -0.2) is 81.5 Å². The molecule has 0 spiro atoms. The van der Waals surface area contributed by atoms with Gasteiger partial charge in [-0.3, -0.25) is 0 Å². The minimum Gasteiger partial charge on any atom is -0.375 e. The van der Waals surface area contributed by atoms with Crippen molar-refractivity contribution in [1.29, 1.82) is 0 Å². The Kier molecular flexibility index (Phi) is 13.7. The molecule has 2 aliphatic heterocycles. The second-order valence-corrected chi connectivity index (χ2v) is 28.3. The lowest BCUT2D eigenvalue weighted by Gasteiger charge is -2.28.